The summed E-state index contributed by atoms with van der Waals surface area (Å²) in [6.07, 6.45) is -4.62. The Bertz CT molecular complexity index is 592. The smallest absolute Gasteiger partial charge is 0.387 e. The summed E-state index contributed by atoms with van der Waals surface area (Å²) in [7, 11) is 0. The van der Waals surface area contributed by atoms with Gasteiger partial charge in [-0.2, -0.15) is 18.0 Å². The molecule has 0 saturated carbocycles. The van der Waals surface area contributed by atoms with Crippen molar-refractivity contribution >= 4 is 5.84 Å². The largest absolute Gasteiger partial charge is 0.400 e. The maximum atomic E-state index is 12.7. The maximum absolute atomic E-state index is 12.7. The van der Waals surface area contributed by atoms with Gasteiger partial charge in [-0.25, -0.2) is 0 Å². The summed E-state index contributed by atoms with van der Waals surface area (Å²) in [5, 5.41) is 18.1. The normalized spacial score (nSPS) is 13.2. The van der Waals surface area contributed by atoms with Crippen molar-refractivity contribution in [1.29, 1.82) is 5.41 Å². The average Bonchev–Trinajstić information content (AvgIpc) is 2.84. The van der Waals surface area contributed by atoms with Crippen LogP contribution in [0.3, 0.4) is 0 Å². The van der Waals surface area contributed by atoms with Crippen LogP contribution in [-0.4, -0.2) is 32.2 Å². The van der Waals surface area contributed by atoms with Gasteiger partial charge in [0.05, 0.1) is 6.54 Å². The van der Waals surface area contributed by atoms with Gasteiger partial charge >= 0.3 is 6.18 Å². The van der Waals surface area contributed by atoms with Crippen molar-refractivity contribution in [3.8, 4) is 11.4 Å². The number of alkyl halides is 3. The number of amidine groups is 1. The van der Waals surface area contributed by atoms with Crippen molar-refractivity contribution in [2.45, 2.75) is 12.7 Å². The van der Waals surface area contributed by atoms with Crippen LogP contribution in [-0.2, 0) is 6.54 Å². The van der Waals surface area contributed by atoms with E-state index >= 15 is 0 Å². The van der Waals surface area contributed by atoms with Crippen LogP contribution in [0.15, 0.2) is 30.3 Å². The van der Waals surface area contributed by atoms with Gasteiger partial charge in [-0.05, 0) is 5.21 Å². The first-order valence-electron chi connectivity index (χ1n) is 5.62. The Balaban J connectivity index is 2.19. The van der Waals surface area contributed by atoms with Crippen LogP contribution >= 0.6 is 0 Å². The van der Waals surface area contributed by atoms with Gasteiger partial charge < -0.3 is 5.73 Å². The Morgan fingerprint density at radius 3 is 2.50 bits per heavy atom. The van der Waals surface area contributed by atoms with Gasteiger partial charge in [0, 0.05) is 5.56 Å². The summed E-state index contributed by atoms with van der Waals surface area (Å²) < 4.78 is 38.0. The first kappa shape index (κ1) is 14.0. The molecule has 0 radical (unpaired) electrons. The summed E-state index contributed by atoms with van der Waals surface area (Å²) >= 11 is 0. The fourth-order valence-electron chi connectivity index (χ4n) is 1.56. The summed E-state index contributed by atoms with van der Waals surface area (Å²) in [4.78, 5) is 0.794. The van der Waals surface area contributed by atoms with Crippen LogP contribution < -0.4 is 5.73 Å². The zero-order chi connectivity index (χ0) is 14.8. The molecule has 1 heterocycles. The Morgan fingerprint density at radius 2 is 1.95 bits per heavy atom. The van der Waals surface area contributed by atoms with Crippen LogP contribution in [0.1, 0.15) is 0 Å². The lowest BCUT2D eigenvalue weighted by atomic mass is 10.1. The number of halogens is 3. The first-order valence-corrected chi connectivity index (χ1v) is 5.62. The molecule has 0 saturated heterocycles. The molecule has 0 bridgehead atoms. The third-order valence-corrected chi connectivity index (χ3v) is 2.60. The molecule has 1 atom stereocenters. The zero-order valence-corrected chi connectivity index (χ0v) is 10.2. The van der Waals surface area contributed by atoms with Crippen molar-refractivity contribution < 1.29 is 13.2 Å². The molecule has 6 nitrogen and oxygen atoms in total. The maximum Gasteiger partial charge on any atom is 0.400 e. The average molecular weight is 284 g/mol. The lowest BCUT2D eigenvalue weighted by Gasteiger charge is -2.17. The minimum absolute atomic E-state index is 0.218. The molecule has 2 rings (SSSR count). The van der Waals surface area contributed by atoms with Crippen molar-refractivity contribution in [2.24, 2.45) is 11.7 Å². The molecule has 0 aliphatic carbocycles. The van der Waals surface area contributed by atoms with Gasteiger partial charge in [0.15, 0.2) is 0 Å². The molecule has 0 aliphatic rings. The number of hydrogen-bond donors (Lipinski definition) is 2. The van der Waals surface area contributed by atoms with E-state index in [-0.39, 0.29) is 5.82 Å². The minimum atomic E-state index is -4.62. The fourth-order valence-corrected chi connectivity index (χ4v) is 1.56. The van der Waals surface area contributed by atoms with Crippen molar-refractivity contribution in [1.82, 2.24) is 20.2 Å². The zero-order valence-electron chi connectivity index (χ0n) is 10.2. The van der Waals surface area contributed by atoms with E-state index in [9.17, 15) is 13.2 Å². The molecule has 1 aromatic carbocycles. The third kappa shape index (κ3) is 3.11. The van der Waals surface area contributed by atoms with Crippen LogP contribution in [0.25, 0.3) is 11.4 Å². The molecule has 0 aliphatic heterocycles. The van der Waals surface area contributed by atoms with Crippen LogP contribution in [0.5, 0.6) is 0 Å². The number of benzene rings is 1. The van der Waals surface area contributed by atoms with Gasteiger partial charge in [-0.15, -0.1) is 10.2 Å². The lowest BCUT2D eigenvalue weighted by molar-refractivity contribution is -0.160. The number of tetrazole rings is 1. The number of nitrogens with two attached hydrogens (primary N) is 1. The Hall–Kier alpha value is -2.45. The minimum Gasteiger partial charge on any atom is -0.387 e. The molecule has 2 aromatic rings. The fraction of sp³-hybridized carbons (Fsp3) is 0.273. The van der Waals surface area contributed by atoms with E-state index in [0.29, 0.717) is 5.56 Å². The van der Waals surface area contributed by atoms with Gasteiger partial charge in [0.25, 0.3) is 0 Å². The lowest BCUT2D eigenvalue weighted by Crippen LogP contribution is -2.38. The van der Waals surface area contributed by atoms with Gasteiger partial charge in [-0.3, -0.25) is 5.41 Å². The van der Waals surface area contributed by atoms with Gasteiger partial charge in [0.1, 0.15) is 11.8 Å². The summed E-state index contributed by atoms with van der Waals surface area (Å²) in [6, 6.07) is 8.73. The highest BCUT2D eigenvalue weighted by Gasteiger charge is 2.42. The van der Waals surface area contributed by atoms with Gasteiger partial charge in [-0.1, -0.05) is 30.3 Å². The second-order valence-corrected chi connectivity index (χ2v) is 4.08. The molecule has 0 amide bonds. The first-order chi connectivity index (χ1) is 9.38. The second kappa shape index (κ2) is 5.27. The molecule has 0 spiro atoms. The summed E-state index contributed by atoms with van der Waals surface area (Å²) in [5.41, 5.74) is 5.61. The molecule has 106 valence electrons. The predicted molar refractivity (Wildman–Crippen MR) is 64.7 cm³/mol. The van der Waals surface area contributed by atoms with E-state index in [2.05, 4.69) is 15.4 Å². The highest BCUT2D eigenvalue weighted by Crippen LogP contribution is 2.27. The number of hydrogen-bond acceptors (Lipinski definition) is 4. The van der Waals surface area contributed by atoms with Crippen LogP contribution in [0.2, 0.25) is 0 Å². The second-order valence-electron chi connectivity index (χ2n) is 4.08. The quantitative estimate of drug-likeness (QED) is 0.656. The van der Waals surface area contributed by atoms with E-state index in [1.807, 2.05) is 0 Å². The van der Waals surface area contributed by atoms with E-state index in [0.717, 1.165) is 4.80 Å². The monoisotopic (exact) mass is 284 g/mol. The van der Waals surface area contributed by atoms with E-state index in [4.69, 9.17) is 11.1 Å². The molecule has 3 N–H and O–H groups in total. The van der Waals surface area contributed by atoms with Crippen molar-refractivity contribution in [2.75, 3.05) is 0 Å². The van der Waals surface area contributed by atoms with E-state index < -0.39 is 24.5 Å². The topological polar surface area (TPSA) is 93.5 Å². The Morgan fingerprint density at radius 1 is 1.30 bits per heavy atom. The molecule has 1 aromatic heterocycles. The molecule has 20 heavy (non-hydrogen) atoms. The van der Waals surface area contributed by atoms with Crippen LogP contribution in [0.4, 0.5) is 13.2 Å². The number of nitrogens with one attached hydrogen (secondary N) is 1. The molecular formula is C11H11F3N6. The molecule has 0 fully saturated rings. The Labute approximate surface area is 111 Å². The Kier molecular flexibility index (Phi) is 3.68. The van der Waals surface area contributed by atoms with E-state index in [1.54, 1.807) is 30.3 Å². The van der Waals surface area contributed by atoms with Crippen molar-refractivity contribution in [3.63, 3.8) is 0 Å². The highest BCUT2D eigenvalue weighted by atomic mass is 19.4. The van der Waals surface area contributed by atoms with Gasteiger partial charge in [0.2, 0.25) is 5.82 Å². The number of rotatable bonds is 4. The highest BCUT2D eigenvalue weighted by molar-refractivity contribution is 5.80. The van der Waals surface area contributed by atoms with E-state index in [1.165, 1.54) is 0 Å². The van der Waals surface area contributed by atoms with Crippen LogP contribution in [0, 0.1) is 11.3 Å². The summed E-state index contributed by atoms with van der Waals surface area (Å²) in [5.74, 6) is -2.88. The SMILES string of the molecule is N=C(N)C(Cn1nnc(-c2ccccc2)n1)C(F)(F)F. The number of nitrogens with zero attached hydrogens (tertiary/aromatic N) is 4. The molecular weight excluding hydrogens is 273 g/mol. The standard InChI is InChI=1S/C11H11F3N6/c12-11(13,14)8(9(15)16)6-20-18-10(17-19-20)7-4-2-1-3-5-7/h1-5,8H,6H2,(H3,15,16). The summed E-state index contributed by atoms with van der Waals surface area (Å²) in [6.45, 7) is -0.668. The molecule has 9 heteroatoms. The number of aromatic nitrogens is 4. The third-order valence-electron chi connectivity index (χ3n) is 2.60. The predicted octanol–water partition coefficient (Wildman–Crippen LogP) is 1.45. The van der Waals surface area contributed by atoms with Crippen molar-refractivity contribution in [3.05, 3.63) is 30.3 Å². The molecule has 1 unspecified atom stereocenters.